The highest BCUT2D eigenvalue weighted by Gasteiger charge is 2.53. The normalized spacial score (nSPS) is 38.3. The van der Waals surface area contributed by atoms with E-state index in [1.54, 1.807) is 0 Å². The van der Waals surface area contributed by atoms with Crippen molar-refractivity contribution in [1.82, 2.24) is 39.0 Å². The smallest absolute Gasteiger partial charge is 0.386 e. The number of aliphatic hydroxyl groups excluding tert-OH is 2. The molecule has 4 aromatic rings. The average molecular weight is 691 g/mol. The largest absolute Gasteiger partial charge is 0.386 e. The summed E-state index contributed by atoms with van der Waals surface area (Å²) in [5.41, 5.74) is 12.6. The van der Waals surface area contributed by atoms with Crippen LogP contribution in [0.15, 0.2) is 25.0 Å². The minimum absolute atomic E-state index is 0.0462. The number of hydrogen-bond acceptors (Lipinski definition) is 18. The summed E-state index contributed by atoms with van der Waals surface area (Å²) in [5.74, 6) is -0.0925. The molecular formula is C20H24N10O10P2S2. The highest BCUT2D eigenvalue weighted by Crippen LogP contribution is 2.60. The van der Waals surface area contributed by atoms with Crippen molar-refractivity contribution >= 4 is 72.3 Å². The zero-order valence-corrected chi connectivity index (χ0v) is 25.6. The molecule has 4 aromatic heterocycles. The number of imidazole rings is 2. The molecule has 3 fully saturated rings. The zero-order valence-electron chi connectivity index (χ0n) is 22.0. The molecule has 10 atom stereocenters. The summed E-state index contributed by atoms with van der Waals surface area (Å²) in [4.78, 5) is 24.4. The molecule has 0 aromatic carbocycles. The van der Waals surface area contributed by atoms with Crippen LogP contribution in [0.1, 0.15) is 12.5 Å². The molecule has 0 amide bonds. The molecule has 7 heterocycles. The van der Waals surface area contributed by atoms with Gasteiger partial charge in [-0.25, -0.2) is 29.1 Å². The van der Waals surface area contributed by atoms with Gasteiger partial charge in [0.15, 0.2) is 23.8 Å². The maximum absolute atomic E-state index is 13.4. The fraction of sp³-hybridized carbons (Fsp3) is 0.500. The van der Waals surface area contributed by atoms with Crippen molar-refractivity contribution in [3.05, 3.63) is 25.0 Å². The molecule has 236 valence electrons. The van der Waals surface area contributed by atoms with Crippen LogP contribution in [0.3, 0.4) is 0 Å². The second kappa shape index (κ2) is 11.1. The number of hydrogen-bond donors (Lipinski definition) is 6. The first-order chi connectivity index (χ1) is 20.9. The summed E-state index contributed by atoms with van der Waals surface area (Å²) in [7, 11) is 0. The molecule has 20 nitrogen and oxygen atoms in total. The number of aliphatic hydroxyl groups is 2. The third kappa shape index (κ3) is 5.48. The van der Waals surface area contributed by atoms with Gasteiger partial charge in [0.1, 0.15) is 47.7 Å². The minimum atomic E-state index is -4.26. The summed E-state index contributed by atoms with van der Waals surface area (Å²) >= 11 is 8.16. The first kappa shape index (κ1) is 30.2. The van der Waals surface area contributed by atoms with Crippen LogP contribution in [0.25, 0.3) is 22.3 Å². The van der Waals surface area contributed by atoms with E-state index in [0.717, 1.165) is 0 Å². The van der Waals surface area contributed by atoms with Crippen molar-refractivity contribution in [1.29, 1.82) is 0 Å². The number of nitrogen functional groups attached to an aromatic ring is 2. The van der Waals surface area contributed by atoms with Crippen molar-refractivity contribution in [3.8, 4) is 0 Å². The van der Waals surface area contributed by atoms with Crippen LogP contribution in [0, 0.1) is 0 Å². The van der Waals surface area contributed by atoms with Gasteiger partial charge in [0.25, 0.3) is 0 Å². The summed E-state index contributed by atoms with van der Waals surface area (Å²) in [6.07, 6.45) is -5.10. The van der Waals surface area contributed by atoms with E-state index in [-0.39, 0.29) is 23.2 Å². The zero-order chi connectivity index (χ0) is 31.0. The van der Waals surface area contributed by atoms with Crippen LogP contribution in [0.5, 0.6) is 0 Å². The van der Waals surface area contributed by atoms with E-state index in [0.29, 0.717) is 11.0 Å². The average Bonchev–Trinajstić information content (AvgIpc) is 3.71. The second-order valence-corrected chi connectivity index (χ2v) is 15.7. The Bertz CT molecular complexity index is 1700. The van der Waals surface area contributed by atoms with E-state index < -0.39 is 75.9 Å². The Morgan fingerprint density at radius 3 is 1.57 bits per heavy atom. The van der Waals surface area contributed by atoms with Gasteiger partial charge in [-0.1, -0.05) is 24.5 Å². The molecule has 3 aliphatic heterocycles. The Morgan fingerprint density at radius 2 is 1.16 bits per heavy atom. The molecule has 44 heavy (non-hydrogen) atoms. The molecule has 0 bridgehead atoms. The SMILES string of the molecule is Nc1ncc2ncn([C@@H]3O[C@@H]4CO[P@@](=O)(S)O[C@H]5[C@@H](O)[C@H](n6cnc7cnc(N)nc76)O[C@@H]5COP(=O)(S)O[C@H]4[C@H]3O)c2n1. The lowest BCUT2D eigenvalue weighted by atomic mass is 10.1. The van der Waals surface area contributed by atoms with Crippen LogP contribution in [-0.2, 0) is 36.7 Å². The maximum atomic E-state index is 13.4. The predicted molar refractivity (Wildman–Crippen MR) is 154 cm³/mol. The number of nitrogens with two attached hydrogens (primary N) is 2. The standard InChI is InChI=1S/C20H24N10O10P2S2/c21-19-23-1-7-15(27-19)29(5-25-7)17-11(31)13-9(37-17)3-35-42(34,44)40-14-10(4-36-41(33,43)39-13)38-18(12(14)32)30-6-26-8-2-24-20(22)28-16(8)30/h1-2,5-6,9-14,17-18,31-32H,3-4H2,(H,33,43)(H,34,44)(H2,21,23,27)(H2,22,24,28)/t9-,10-,11-,12-,13-,14-,17-,18-,41-,42?/m1/s1. The number of rotatable bonds is 2. The minimum Gasteiger partial charge on any atom is -0.386 e. The van der Waals surface area contributed by atoms with Crippen molar-refractivity contribution in [2.24, 2.45) is 0 Å². The number of anilines is 2. The van der Waals surface area contributed by atoms with Crippen LogP contribution in [0.2, 0.25) is 0 Å². The van der Waals surface area contributed by atoms with Crippen LogP contribution in [0.4, 0.5) is 11.9 Å². The highest BCUT2D eigenvalue weighted by atomic mass is 32.7. The number of ether oxygens (including phenoxy) is 2. The fourth-order valence-corrected chi connectivity index (χ4v) is 8.16. The lowest BCUT2D eigenvalue weighted by Gasteiger charge is -2.28. The van der Waals surface area contributed by atoms with Gasteiger partial charge < -0.3 is 31.2 Å². The van der Waals surface area contributed by atoms with E-state index in [1.807, 2.05) is 0 Å². The first-order valence-electron chi connectivity index (χ1n) is 12.8. The second-order valence-electron chi connectivity index (χ2n) is 9.96. The molecule has 7 rings (SSSR count). The fourth-order valence-electron chi connectivity index (χ4n) is 5.18. The van der Waals surface area contributed by atoms with Gasteiger partial charge in [0.05, 0.1) is 38.3 Å². The molecule has 24 heteroatoms. The van der Waals surface area contributed by atoms with E-state index in [9.17, 15) is 19.3 Å². The highest BCUT2D eigenvalue weighted by molar-refractivity contribution is 8.44. The summed E-state index contributed by atoms with van der Waals surface area (Å²) in [6, 6.07) is 0. The molecule has 6 N–H and O–H groups in total. The Labute approximate surface area is 256 Å². The Morgan fingerprint density at radius 1 is 0.750 bits per heavy atom. The van der Waals surface area contributed by atoms with E-state index in [2.05, 4.69) is 54.4 Å². The molecule has 0 spiro atoms. The third-order valence-electron chi connectivity index (χ3n) is 7.15. The van der Waals surface area contributed by atoms with Gasteiger partial charge in [-0.2, -0.15) is 9.97 Å². The third-order valence-corrected chi connectivity index (χ3v) is 10.4. The van der Waals surface area contributed by atoms with Gasteiger partial charge in [0.2, 0.25) is 11.9 Å². The topological polar surface area (TPSA) is 269 Å². The number of thiol groups is 2. The predicted octanol–water partition coefficient (Wildman–Crippen LogP) is 0.240. The van der Waals surface area contributed by atoms with Gasteiger partial charge in [0, 0.05) is 0 Å². The summed E-state index contributed by atoms with van der Waals surface area (Å²) in [5, 5.41) is 22.5. The Hall–Kier alpha value is -2.46. The molecular weight excluding hydrogens is 666 g/mol. The van der Waals surface area contributed by atoms with E-state index >= 15 is 0 Å². The van der Waals surface area contributed by atoms with Crippen molar-refractivity contribution in [2.75, 3.05) is 24.7 Å². The monoisotopic (exact) mass is 690 g/mol. The lowest BCUT2D eigenvalue weighted by Crippen LogP contribution is -2.38. The van der Waals surface area contributed by atoms with E-state index in [1.165, 1.54) is 34.2 Å². The van der Waals surface area contributed by atoms with Gasteiger partial charge in [-0.05, 0) is 0 Å². The maximum Gasteiger partial charge on any atom is 0.386 e. The van der Waals surface area contributed by atoms with Crippen molar-refractivity contribution < 1.29 is 46.9 Å². The molecule has 3 saturated heterocycles. The number of nitrogens with zero attached hydrogens (tertiary/aromatic N) is 8. The van der Waals surface area contributed by atoms with Crippen LogP contribution in [-0.4, -0.2) is 99.1 Å². The molecule has 0 saturated carbocycles. The number of aromatic nitrogens is 8. The molecule has 3 aliphatic rings. The first-order valence-corrected chi connectivity index (χ1v) is 18.2. The van der Waals surface area contributed by atoms with Crippen molar-refractivity contribution in [2.45, 2.75) is 49.1 Å². The Kier molecular flexibility index (Phi) is 7.63. The van der Waals surface area contributed by atoms with Gasteiger partial charge >= 0.3 is 13.6 Å². The van der Waals surface area contributed by atoms with Crippen LogP contribution < -0.4 is 11.5 Å². The Balaban J connectivity index is 1.16. The summed E-state index contributed by atoms with van der Waals surface area (Å²) in [6.45, 7) is -9.59. The van der Waals surface area contributed by atoms with Crippen molar-refractivity contribution in [3.63, 3.8) is 0 Å². The quantitative estimate of drug-likeness (QED) is 0.121. The number of fused-ring (bicyclic) bond motifs is 4. The summed E-state index contributed by atoms with van der Waals surface area (Å²) < 4.78 is 63.9. The van der Waals surface area contributed by atoms with Gasteiger partial charge in [-0.15, -0.1) is 0 Å². The molecule has 0 radical (unpaired) electrons. The van der Waals surface area contributed by atoms with Crippen LogP contribution >= 0.6 is 38.1 Å². The lowest BCUT2D eigenvalue weighted by molar-refractivity contribution is -0.0561. The van der Waals surface area contributed by atoms with E-state index in [4.69, 9.17) is 39.0 Å². The molecule has 1 unspecified atom stereocenters. The van der Waals surface area contributed by atoms with Gasteiger partial charge in [-0.3, -0.25) is 27.2 Å². The molecule has 0 aliphatic carbocycles.